The van der Waals surface area contributed by atoms with Crippen LogP contribution in [0.2, 0.25) is 10.0 Å². The summed E-state index contributed by atoms with van der Waals surface area (Å²) in [7, 11) is 0. The summed E-state index contributed by atoms with van der Waals surface area (Å²) >= 11 is 12.3. The van der Waals surface area contributed by atoms with Crippen LogP contribution in [-0.2, 0) is 19.7 Å². The number of hydrogen-bond acceptors (Lipinski definition) is 3. The Balaban J connectivity index is 1.64. The highest BCUT2D eigenvalue weighted by molar-refractivity contribution is 6.31. The van der Waals surface area contributed by atoms with Crippen LogP contribution < -0.4 is 10.1 Å². The summed E-state index contributed by atoms with van der Waals surface area (Å²) in [5.74, 6) is 0.798. The van der Waals surface area contributed by atoms with Crippen molar-refractivity contribution in [2.24, 2.45) is 0 Å². The van der Waals surface area contributed by atoms with E-state index in [9.17, 15) is 0 Å². The van der Waals surface area contributed by atoms with Crippen LogP contribution in [0.15, 0.2) is 67.0 Å². The zero-order valence-corrected chi connectivity index (χ0v) is 15.1. The zero-order valence-electron chi connectivity index (χ0n) is 13.6. The van der Waals surface area contributed by atoms with E-state index in [1.807, 2.05) is 54.6 Å². The monoisotopic (exact) mass is 372 g/mol. The molecule has 0 amide bonds. The van der Waals surface area contributed by atoms with Gasteiger partial charge in [-0.1, -0.05) is 41.4 Å². The molecule has 0 unspecified atom stereocenters. The molecule has 0 fully saturated rings. The molecule has 128 valence electrons. The quantitative estimate of drug-likeness (QED) is 0.614. The molecule has 0 radical (unpaired) electrons. The first-order valence-corrected chi connectivity index (χ1v) is 8.72. The lowest BCUT2D eigenvalue weighted by Gasteiger charge is -2.13. The van der Waals surface area contributed by atoms with Gasteiger partial charge in [-0.05, 0) is 42.0 Å². The van der Waals surface area contributed by atoms with Crippen LogP contribution in [0.4, 0.5) is 0 Å². The molecule has 1 heterocycles. The van der Waals surface area contributed by atoms with E-state index in [0.29, 0.717) is 23.2 Å². The third-order valence-electron chi connectivity index (χ3n) is 3.76. The van der Waals surface area contributed by atoms with Gasteiger partial charge in [-0.2, -0.15) is 0 Å². The Bertz CT molecular complexity index is 825. The van der Waals surface area contributed by atoms with E-state index in [0.717, 1.165) is 23.4 Å². The molecule has 0 saturated heterocycles. The number of hydrogen-bond donors (Lipinski definition) is 1. The molecule has 0 aliphatic rings. The molecule has 2 aromatic carbocycles. The first-order chi connectivity index (χ1) is 12.2. The maximum atomic E-state index is 6.19. The Morgan fingerprint density at radius 3 is 2.48 bits per heavy atom. The van der Waals surface area contributed by atoms with Crippen LogP contribution in [0, 0.1) is 0 Å². The summed E-state index contributed by atoms with van der Waals surface area (Å²) in [6.07, 6.45) is 3.57. The first kappa shape index (κ1) is 17.7. The van der Waals surface area contributed by atoms with Crippen molar-refractivity contribution in [3.63, 3.8) is 0 Å². The van der Waals surface area contributed by atoms with Crippen molar-refractivity contribution in [2.45, 2.75) is 19.7 Å². The predicted molar refractivity (Wildman–Crippen MR) is 102 cm³/mol. The third-order valence-corrected chi connectivity index (χ3v) is 4.36. The van der Waals surface area contributed by atoms with Crippen LogP contribution in [-0.4, -0.2) is 4.98 Å². The van der Waals surface area contributed by atoms with Gasteiger partial charge in [0.05, 0.1) is 0 Å². The Morgan fingerprint density at radius 1 is 0.880 bits per heavy atom. The predicted octanol–water partition coefficient (Wildman–Crippen LogP) is 5.26. The van der Waals surface area contributed by atoms with Crippen molar-refractivity contribution in [1.82, 2.24) is 10.3 Å². The number of nitrogens with zero attached hydrogens (tertiary/aromatic N) is 1. The Morgan fingerprint density at radius 2 is 1.68 bits per heavy atom. The second-order valence-corrected chi connectivity index (χ2v) is 6.43. The number of benzene rings is 2. The van der Waals surface area contributed by atoms with E-state index in [-0.39, 0.29) is 0 Å². The van der Waals surface area contributed by atoms with Crippen LogP contribution in [0.3, 0.4) is 0 Å². The average Bonchev–Trinajstić information content (AvgIpc) is 2.63. The van der Waals surface area contributed by atoms with Gasteiger partial charge in [0, 0.05) is 46.7 Å². The van der Waals surface area contributed by atoms with Gasteiger partial charge >= 0.3 is 0 Å². The van der Waals surface area contributed by atoms with Gasteiger partial charge in [-0.15, -0.1) is 0 Å². The SMILES string of the molecule is Clc1ccc(OCc2ccccc2Cl)c(CNCc2ccncc2)c1. The zero-order chi connectivity index (χ0) is 17.5. The molecule has 0 saturated carbocycles. The lowest BCUT2D eigenvalue weighted by Crippen LogP contribution is -2.13. The molecule has 3 aromatic rings. The van der Waals surface area contributed by atoms with Crippen LogP contribution in [0.1, 0.15) is 16.7 Å². The number of halogens is 2. The standard InChI is InChI=1S/C20H18Cl2N2O/c21-18-5-6-20(25-14-16-3-1-2-4-19(16)22)17(11-18)13-24-12-15-7-9-23-10-8-15/h1-11,24H,12-14H2. The van der Waals surface area contributed by atoms with Gasteiger partial charge in [0.25, 0.3) is 0 Å². The minimum absolute atomic E-state index is 0.415. The maximum absolute atomic E-state index is 6.19. The average molecular weight is 373 g/mol. The van der Waals surface area contributed by atoms with Crippen LogP contribution >= 0.6 is 23.2 Å². The number of aromatic nitrogens is 1. The summed E-state index contributed by atoms with van der Waals surface area (Å²) in [6.45, 7) is 1.82. The molecular formula is C20H18Cl2N2O. The molecule has 0 aliphatic carbocycles. The maximum Gasteiger partial charge on any atom is 0.124 e. The molecule has 25 heavy (non-hydrogen) atoms. The van der Waals surface area contributed by atoms with E-state index in [2.05, 4.69) is 10.3 Å². The lowest BCUT2D eigenvalue weighted by molar-refractivity contribution is 0.302. The number of nitrogens with one attached hydrogen (secondary N) is 1. The van der Waals surface area contributed by atoms with Gasteiger partial charge in [0.2, 0.25) is 0 Å². The van der Waals surface area contributed by atoms with Gasteiger partial charge in [-0.25, -0.2) is 0 Å². The first-order valence-electron chi connectivity index (χ1n) is 7.96. The van der Waals surface area contributed by atoms with Crippen molar-refractivity contribution >= 4 is 23.2 Å². The molecule has 3 rings (SSSR count). The molecule has 0 bridgehead atoms. The molecule has 0 atom stereocenters. The minimum atomic E-state index is 0.415. The van der Waals surface area contributed by atoms with E-state index >= 15 is 0 Å². The Kier molecular flexibility index (Phi) is 6.29. The molecule has 0 spiro atoms. The van der Waals surface area contributed by atoms with Gasteiger partial charge in [0.1, 0.15) is 12.4 Å². The van der Waals surface area contributed by atoms with Gasteiger partial charge < -0.3 is 10.1 Å². The smallest absolute Gasteiger partial charge is 0.124 e. The molecule has 1 N–H and O–H groups in total. The van der Waals surface area contributed by atoms with Gasteiger partial charge in [-0.3, -0.25) is 4.98 Å². The van der Waals surface area contributed by atoms with Crippen molar-refractivity contribution < 1.29 is 4.74 Å². The van der Waals surface area contributed by atoms with E-state index in [4.69, 9.17) is 27.9 Å². The summed E-state index contributed by atoms with van der Waals surface area (Å²) in [6, 6.07) is 17.3. The summed E-state index contributed by atoms with van der Waals surface area (Å²) in [5, 5.41) is 4.79. The number of ether oxygens (including phenoxy) is 1. The van der Waals surface area contributed by atoms with E-state index in [1.54, 1.807) is 12.4 Å². The van der Waals surface area contributed by atoms with Gasteiger partial charge in [0.15, 0.2) is 0 Å². The van der Waals surface area contributed by atoms with Crippen molar-refractivity contribution in [2.75, 3.05) is 0 Å². The van der Waals surface area contributed by atoms with Crippen molar-refractivity contribution in [3.8, 4) is 5.75 Å². The fourth-order valence-corrected chi connectivity index (χ4v) is 2.83. The second kappa shape index (κ2) is 8.86. The third kappa shape index (κ3) is 5.20. The molecular weight excluding hydrogens is 355 g/mol. The summed E-state index contributed by atoms with van der Waals surface area (Å²) in [5.41, 5.74) is 3.14. The van der Waals surface area contributed by atoms with Crippen molar-refractivity contribution in [1.29, 1.82) is 0 Å². The molecule has 1 aromatic heterocycles. The highest BCUT2D eigenvalue weighted by atomic mass is 35.5. The number of pyridine rings is 1. The number of rotatable bonds is 7. The second-order valence-electron chi connectivity index (χ2n) is 5.59. The Hall–Kier alpha value is -2.07. The minimum Gasteiger partial charge on any atom is -0.489 e. The largest absolute Gasteiger partial charge is 0.489 e. The lowest BCUT2D eigenvalue weighted by atomic mass is 10.2. The molecule has 0 aliphatic heterocycles. The van der Waals surface area contributed by atoms with Crippen molar-refractivity contribution in [3.05, 3.63) is 93.7 Å². The van der Waals surface area contributed by atoms with Crippen LogP contribution in [0.5, 0.6) is 5.75 Å². The van der Waals surface area contributed by atoms with E-state index in [1.165, 1.54) is 5.56 Å². The summed E-state index contributed by atoms with van der Waals surface area (Å²) in [4.78, 5) is 4.02. The fourth-order valence-electron chi connectivity index (χ4n) is 2.44. The molecule has 3 nitrogen and oxygen atoms in total. The topological polar surface area (TPSA) is 34.1 Å². The summed E-state index contributed by atoms with van der Waals surface area (Å²) < 4.78 is 5.97. The highest BCUT2D eigenvalue weighted by Crippen LogP contribution is 2.25. The van der Waals surface area contributed by atoms with Crippen LogP contribution in [0.25, 0.3) is 0 Å². The molecule has 5 heteroatoms. The normalized spacial score (nSPS) is 10.6. The highest BCUT2D eigenvalue weighted by Gasteiger charge is 2.07. The fraction of sp³-hybridized carbons (Fsp3) is 0.150. The van der Waals surface area contributed by atoms with E-state index < -0.39 is 0 Å². The Labute approximate surface area is 157 Å².